The summed E-state index contributed by atoms with van der Waals surface area (Å²) < 4.78 is 28.6. The second-order valence-electron chi connectivity index (χ2n) is 4.46. The molecule has 20 heavy (non-hydrogen) atoms. The first-order valence-electron chi connectivity index (χ1n) is 6.24. The fourth-order valence-corrected chi connectivity index (χ4v) is 2.26. The average molecular weight is 274 g/mol. The van der Waals surface area contributed by atoms with E-state index in [1.165, 1.54) is 12.4 Å². The molecule has 2 aromatic heterocycles. The van der Waals surface area contributed by atoms with E-state index in [1.807, 2.05) is 18.4 Å². The third kappa shape index (κ3) is 1.84. The first-order valence-corrected chi connectivity index (χ1v) is 6.24. The summed E-state index contributed by atoms with van der Waals surface area (Å²) in [6.45, 7) is 4.35. The maximum absolute atomic E-state index is 13.4. The number of imidazole rings is 1. The number of rotatable bonds is 2. The highest BCUT2D eigenvalue weighted by Crippen LogP contribution is 2.27. The van der Waals surface area contributed by atoms with Crippen molar-refractivity contribution in [2.45, 2.75) is 20.4 Å². The third-order valence-electron chi connectivity index (χ3n) is 3.26. The van der Waals surface area contributed by atoms with Crippen molar-refractivity contribution in [3.05, 3.63) is 42.0 Å². The van der Waals surface area contributed by atoms with Gasteiger partial charge >= 0.3 is 0 Å². The van der Waals surface area contributed by atoms with Gasteiger partial charge in [-0.25, -0.2) is 23.7 Å². The molecular formula is C14H12F2N4. The Morgan fingerprint density at radius 3 is 2.65 bits per heavy atom. The van der Waals surface area contributed by atoms with Crippen LogP contribution in [0.1, 0.15) is 12.6 Å². The molecule has 0 aliphatic carbocycles. The molecule has 0 saturated heterocycles. The lowest BCUT2D eigenvalue weighted by molar-refractivity contribution is 0.510. The summed E-state index contributed by atoms with van der Waals surface area (Å²) >= 11 is 0. The maximum atomic E-state index is 13.4. The van der Waals surface area contributed by atoms with Crippen molar-refractivity contribution in [3.8, 4) is 11.4 Å². The zero-order chi connectivity index (χ0) is 14.3. The molecule has 6 heteroatoms. The summed E-state index contributed by atoms with van der Waals surface area (Å²) in [6, 6.07) is 2.28. The van der Waals surface area contributed by atoms with Gasteiger partial charge in [0, 0.05) is 24.9 Å². The van der Waals surface area contributed by atoms with Crippen LogP contribution in [0.15, 0.2) is 24.7 Å². The van der Waals surface area contributed by atoms with Crippen LogP contribution in [0, 0.1) is 18.6 Å². The SMILES string of the molecule is CCn1c(-c2cncnc2C)nc2cc(F)c(F)cc21. The molecular weight excluding hydrogens is 262 g/mol. The number of halogens is 2. The number of fused-ring (bicyclic) bond motifs is 1. The summed E-state index contributed by atoms with van der Waals surface area (Å²) in [7, 11) is 0. The normalized spacial score (nSPS) is 11.2. The quantitative estimate of drug-likeness (QED) is 0.721. The van der Waals surface area contributed by atoms with Gasteiger partial charge in [0.2, 0.25) is 0 Å². The lowest BCUT2D eigenvalue weighted by Crippen LogP contribution is -2.00. The molecule has 1 aromatic carbocycles. The van der Waals surface area contributed by atoms with Crippen molar-refractivity contribution in [2.24, 2.45) is 0 Å². The second kappa shape index (κ2) is 4.63. The Balaban J connectivity index is 2.34. The zero-order valence-corrected chi connectivity index (χ0v) is 11.1. The monoisotopic (exact) mass is 274 g/mol. The molecule has 0 unspecified atom stereocenters. The van der Waals surface area contributed by atoms with Crippen molar-refractivity contribution < 1.29 is 8.78 Å². The van der Waals surface area contributed by atoms with E-state index in [4.69, 9.17) is 0 Å². The number of nitrogens with zero attached hydrogens (tertiary/aromatic N) is 4. The summed E-state index contributed by atoms with van der Waals surface area (Å²) in [5.41, 5.74) is 2.51. The van der Waals surface area contributed by atoms with E-state index in [-0.39, 0.29) is 0 Å². The van der Waals surface area contributed by atoms with E-state index in [0.717, 1.165) is 17.3 Å². The standard InChI is InChI=1S/C14H12F2N4/c1-3-20-13-5-11(16)10(15)4-12(13)19-14(20)9-6-17-7-18-8(9)2/h4-7H,3H2,1-2H3. The maximum Gasteiger partial charge on any atom is 0.161 e. The molecule has 0 aliphatic rings. The van der Waals surface area contributed by atoms with Crippen LogP contribution >= 0.6 is 0 Å². The Labute approximate surface area is 114 Å². The van der Waals surface area contributed by atoms with Gasteiger partial charge in [-0.1, -0.05) is 0 Å². The lowest BCUT2D eigenvalue weighted by atomic mass is 10.2. The first-order chi connectivity index (χ1) is 9.61. The molecule has 3 rings (SSSR count). The molecule has 0 bridgehead atoms. The number of benzene rings is 1. The van der Waals surface area contributed by atoms with Gasteiger partial charge in [-0.15, -0.1) is 0 Å². The fourth-order valence-electron chi connectivity index (χ4n) is 2.26. The Kier molecular flexibility index (Phi) is 2.93. The Morgan fingerprint density at radius 2 is 1.95 bits per heavy atom. The van der Waals surface area contributed by atoms with Crippen LogP contribution in [-0.2, 0) is 6.54 Å². The van der Waals surface area contributed by atoms with E-state index in [2.05, 4.69) is 15.0 Å². The van der Waals surface area contributed by atoms with Gasteiger partial charge in [-0.3, -0.25) is 0 Å². The molecule has 3 aromatic rings. The van der Waals surface area contributed by atoms with E-state index in [9.17, 15) is 8.78 Å². The topological polar surface area (TPSA) is 43.6 Å². The number of hydrogen-bond acceptors (Lipinski definition) is 3. The molecule has 0 fully saturated rings. The van der Waals surface area contributed by atoms with E-state index >= 15 is 0 Å². The predicted molar refractivity (Wildman–Crippen MR) is 71.1 cm³/mol. The summed E-state index contributed by atoms with van der Waals surface area (Å²) in [6.07, 6.45) is 3.11. The number of aryl methyl sites for hydroxylation is 2. The van der Waals surface area contributed by atoms with Crippen LogP contribution < -0.4 is 0 Å². The minimum Gasteiger partial charge on any atom is -0.324 e. The van der Waals surface area contributed by atoms with Crippen molar-refractivity contribution in [3.63, 3.8) is 0 Å². The smallest absolute Gasteiger partial charge is 0.161 e. The Bertz CT molecular complexity index is 795. The van der Waals surface area contributed by atoms with E-state index < -0.39 is 11.6 Å². The minimum atomic E-state index is -0.897. The Hall–Kier alpha value is -2.37. The van der Waals surface area contributed by atoms with Crippen LogP contribution in [0.2, 0.25) is 0 Å². The van der Waals surface area contributed by atoms with Crippen molar-refractivity contribution in [2.75, 3.05) is 0 Å². The van der Waals surface area contributed by atoms with Gasteiger partial charge in [0.1, 0.15) is 12.2 Å². The fraction of sp³-hybridized carbons (Fsp3) is 0.214. The summed E-state index contributed by atoms with van der Waals surface area (Å²) in [5.74, 6) is -1.16. The van der Waals surface area contributed by atoms with Crippen LogP contribution in [0.4, 0.5) is 8.78 Å². The zero-order valence-electron chi connectivity index (χ0n) is 11.1. The molecule has 2 heterocycles. The average Bonchev–Trinajstić information content (AvgIpc) is 2.77. The molecule has 102 valence electrons. The number of hydrogen-bond donors (Lipinski definition) is 0. The van der Waals surface area contributed by atoms with Crippen LogP contribution in [0.3, 0.4) is 0 Å². The summed E-state index contributed by atoms with van der Waals surface area (Å²) in [5, 5.41) is 0. The minimum absolute atomic E-state index is 0.420. The molecule has 0 aliphatic heterocycles. The molecule has 0 N–H and O–H groups in total. The third-order valence-corrected chi connectivity index (χ3v) is 3.26. The summed E-state index contributed by atoms with van der Waals surface area (Å²) in [4.78, 5) is 12.5. The predicted octanol–water partition coefficient (Wildman–Crippen LogP) is 3.10. The van der Waals surface area contributed by atoms with Crippen LogP contribution in [-0.4, -0.2) is 19.5 Å². The van der Waals surface area contributed by atoms with Crippen LogP contribution in [0.25, 0.3) is 22.4 Å². The highest BCUT2D eigenvalue weighted by molar-refractivity contribution is 5.81. The highest BCUT2D eigenvalue weighted by atomic mass is 19.2. The van der Waals surface area contributed by atoms with Gasteiger partial charge in [0.25, 0.3) is 0 Å². The molecule has 0 amide bonds. The highest BCUT2D eigenvalue weighted by Gasteiger charge is 2.16. The van der Waals surface area contributed by atoms with E-state index in [1.54, 1.807) is 6.20 Å². The largest absolute Gasteiger partial charge is 0.324 e. The van der Waals surface area contributed by atoms with Crippen molar-refractivity contribution >= 4 is 11.0 Å². The molecule has 0 atom stereocenters. The van der Waals surface area contributed by atoms with Crippen molar-refractivity contribution in [1.29, 1.82) is 0 Å². The second-order valence-corrected chi connectivity index (χ2v) is 4.46. The van der Waals surface area contributed by atoms with Gasteiger partial charge in [0.05, 0.1) is 22.3 Å². The van der Waals surface area contributed by atoms with Crippen LogP contribution in [0.5, 0.6) is 0 Å². The van der Waals surface area contributed by atoms with Gasteiger partial charge < -0.3 is 4.57 Å². The number of aromatic nitrogens is 4. The van der Waals surface area contributed by atoms with E-state index in [0.29, 0.717) is 23.4 Å². The first kappa shape index (κ1) is 12.7. The lowest BCUT2D eigenvalue weighted by Gasteiger charge is -2.07. The molecule has 0 spiro atoms. The van der Waals surface area contributed by atoms with Gasteiger partial charge in [0.15, 0.2) is 11.6 Å². The molecule has 4 nitrogen and oxygen atoms in total. The Morgan fingerprint density at radius 1 is 1.20 bits per heavy atom. The van der Waals surface area contributed by atoms with Gasteiger partial charge in [-0.05, 0) is 13.8 Å². The van der Waals surface area contributed by atoms with Gasteiger partial charge in [-0.2, -0.15) is 0 Å². The molecule has 0 radical (unpaired) electrons. The molecule has 0 saturated carbocycles. The van der Waals surface area contributed by atoms with Crippen molar-refractivity contribution in [1.82, 2.24) is 19.5 Å².